The van der Waals surface area contributed by atoms with Crippen molar-refractivity contribution in [1.29, 1.82) is 0 Å². The zero-order valence-electron chi connectivity index (χ0n) is 31.3. The summed E-state index contributed by atoms with van der Waals surface area (Å²) in [5.41, 5.74) is 11.6. The molecule has 5 aromatic heterocycles. The van der Waals surface area contributed by atoms with Gasteiger partial charge in [-0.05, 0) is 72.8 Å². The molecule has 0 fully saturated rings. The number of fused-ring (bicyclic) bond motifs is 14. The van der Waals surface area contributed by atoms with E-state index in [2.05, 4.69) is 218 Å². The van der Waals surface area contributed by atoms with E-state index in [4.69, 9.17) is 4.98 Å². The van der Waals surface area contributed by atoms with Gasteiger partial charge in [0.15, 0.2) is 0 Å². The van der Waals surface area contributed by atoms with Gasteiger partial charge in [0.1, 0.15) is 11.6 Å². The molecule has 0 saturated carbocycles. The number of benzene rings is 8. The first-order chi connectivity index (χ1) is 28.8. The van der Waals surface area contributed by atoms with Crippen molar-refractivity contribution in [3.05, 3.63) is 200 Å². The van der Waals surface area contributed by atoms with Crippen LogP contribution in [0.25, 0.3) is 110 Å². The number of rotatable bonds is 4. The number of aromatic nitrogens is 5. The van der Waals surface area contributed by atoms with Crippen molar-refractivity contribution in [1.82, 2.24) is 23.3 Å². The van der Waals surface area contributed by atoms with E-state index in [1.807, 2.05) is 0 Å². The van der Waals surface area contributed by atoms with E-state index in [9.17, 15) is 0 Å². The number of nitrogens with zero attached hydrogens (tertiary/aromatic N) is 5. The monoisotopic (exact) mass is 739 g/mol. The van der Waals surface area contributed by atoms with Crippen LogP contribution >= 0.6 is 0 Å². The molecular weight excluding hydrogens is 707 g/mol. The second-order valence-electron chi connectivity index (χ2n) is 15.1. The van der Waals surface area contributed by atoms with E-state index in [-0.39, 0.29) is 0 Å². The van der Waals surface area contributed by atoms with Crippen molar-refractivity contribution in [3.63, 3.8) is 0 Å². The summed E-state index contributed by atoms with van der Waals surface area (Å²) in [6, 6.07) is 72.1. The summed E-state index contributed by atoms with van der Waals surface area (Å²) in [5, 5.41) is 9.79. The van der Waals surface area contributed by atoms with Crippen LogP contribution < -0.4 is 0 Å². The molecule has 13 aromatic rings. The molecule has 5 nitrogen and oxygen atoms in total. The van der Waals surface area contributed by atoms with Crippen molar-refractivity contribution in [2.75, 3.05) is 0 Å². The van der Waals surface area contributed by atoms with Crippen molar-refractivity contribution in [2.24, 2.45) is 0 Å². The molecule has 0 atom stereocenters. The second kappa shape index (κ2) is 11.8. The summed E-state index contributed by atoms with van der Waals surface area (Å²) >= 11 is 0. The fraction of sp³-hybridized carbons (Fsp3) is 0. The molecule has 0 radical (unpaired) electrons. The average molecular weight is 740 g/mol. The van der Waals surface area contributed by atoms with E-state index >= 15 is 0 Å². The first-order valence-electron chi connectivity index (χ1n) is 19.8. The maximum atomic E-state index is 5.58. The molecule has 0 aliphatic carbocycles. The molecule has 0 spiro atoms. The maximum Gasteiger partial charge on any atom is 0.140 e. The fourth-order valence-electron chi connectivity index (χ4n) is 9.86. The van der Waals surface area contributed by atoms with Gasteiger partial charge >= 0.3 is 0 Å². The Kier molecular flexibility index (Phi) is 6.38. The van der Waals surface area contributed by atoms with Crippen LogP contribution in [-0.2, 0) is 0 Å². The standard InChI is InChI=1S/C53H33N5/c1-3-16-34(17-4-1)55-42-24-11-7-20-36(42)38-30-32-46-50(52(38)55)40-22-9-13-26-44(40)57(46)48-28-15-29-49(54-48)58-45-27-14-10-23-41(45)51-47(58)33-31-39-37-21-8-12-25-43(37)56(53(39)51)35-18-5-2-6-19-35/h1-33H. The molecule has 0 aliphatic heterocycles. The zero-order chi connectivity index (χ0) is 37.9. The van der Waals surface area contributed by atoms with Crippen LogP contribution in [0, 0.1) is 0 Å². The Labute approximate surface area is 332 Å². The Morgan fingerprint density at radius 1 is 0.241 bits per heavy atom. The number of hydrogen-bond acceptors (Lipinski definition) is 1. The van der Waals surface area contributed by atoms with Gasteiger partial charge in [0.25, 0.3) is 0 Å². The highest BCUT2D eigenvalue weighted by atomic mass is 15.1. The van der Waals surface area contributed by atoms with Crippen LogP contribution in [0.5, 0.6) is 0 Å². The minimum Gasteiger partial charge on any atom is -0.309 e. The second-order valence-corrected chi connectivity index (χ2v) is 15.1. The molecule has 0 bridgehead atoms. The SMILES string of the molecule is c1ccc(-n2c3ccccc3c3ccc4c(c5ccccc5n4-c4cccc(-n5c6ccccc6c6c5ccc5c7ccccc7n(-c7ccccc7)c56)n4)c32)cc1. The first kappa shape index (κ1) is 31.3. The molecule has 13 rings (SSSR count). The van der Waals surface area contributed by atoms with Crippen molar-refractivity contribution in [3.8, 4) is 23.0 Å². The predicted octanol–water partition coefficient (Wildman–Crippen LogP) is 13.5. The molecule has 5 heteroatoms. The topological polar surface area (TPSA) is 32.6 Å². The van der Waals surface area contributed by atoms with Gasteiger partial charge in [-0.15, -0.1) is 0 Å². The number of pyridine rings is 1. The van der Waals surface area contributed by atoms with Crippen LogP contribution in [0.1, 0.15) is 0 Å². The predicted molar refractivity (Wildman–Crippen MR) is 242 cm³/mol. The summed E-state index contributed by atoms with van der Waals surface area (Å²) in [7, 11) is 0. The summed E-state index contributed by atoms with van der Waals surface area (Å²) in [6.07, 6.45) is 0. The van der Waals surface area contributed by atoms with E-state index < -0.39 is 0 Å². The molecule has 5 heterocycles. The smallest absolute Gasteiger partial charge is 0.140 e. The summed E-state index contributed by atoms with van der Waals surface area (Å²) in [4.78, 5) is 5.58. The van der Waals surface area contributed by atoms with Crippen LogP contribution in [0.2, 0.25) is 0 Å². The first-order valence-corrected chi connectivity index (χ1v) is 19.8. The number of para-hydroxylation sites is 6. The lowest BCUT2D eigenvalue weighted by molar-refractivity contribution is 1.01. The van der Waals surface area contributed by atoms with Gasteiger partial charge in [-0.2, -0.15) is 0 Å². The molecule has 0 amide bonds. The summed E-state index contributed by atoms with van der Waals surface area (Å²) in [6.45, 7) is 0. The zero-order valence-corrected chi connectivity index (χ0v) is 31.3. The van der Waals surface area contributed by atoms with Crippen LogP contribution in [0.3, 0.4) is 0 Å². The van der Waals surface area contributed by atoms with Gasteiger partial charge in [0, 0.05) is 54.5 Å². The highest BCUT2D eigenvalue weighted by Gasteiger charge is 2.23. The minimum atomic E-state index is 0.871. The van der Waals surface area contributed by atoms with Gasteiger partial charge in [-0.3, -0.25) is 9.13 Å². The number of hydrogen-bond donors (Lipinski definition) is 0. The lowest BCUT2D eigenvalue weighted by Crippen LogP contribution is -2.03. The summed E-state index contributed by atoms with van der Waals surface area (Å²) in [5.74, 6) is 1.74. The van der Waals surface area contributed by atoms with Gasteiger partial charge in [0.05, 0.1) is 44.1 Å². The maximum absolute atomic E-state index is 5.58. The Morgan fingerprint density at radius 3 is 1.03 bits per heavy atom. The Morgan fingerprint density at radius 2 is 0.603 bits per heavy atom. The molecule has 58 heavy (non-hydrogen) atoms. The van der Waals surface area contributed by atoms with Crippen LogP contribution in [0.4, 0.5) is 0 Å². The highest BCUT2D eigenvalue weighted by Crippen LogP contribution is 2.44. The van der Waals surface area contributed by atoms with Gasteiger partial charge in [-0.1, -0.05) is 127 Å². The van der Waals surface area contributed by atoms with E-state index in [1.54, 1.807) is 0 Å². The molecule has 8 aromatic carbocycles. The molecule has 0 aliphatic rings. The average Bonchev–Trinajstić information content (AvgIpc) is 4.02. The van der Waals surface area contributed by atoms with E-state index in [1.165, 1.54) is 65.2 Å². The molecule has 270 valence electrons. The van der Waals surface area contributed by atoms with Crippen molar-refractivity contribution >= 4 is 87.2 Å². The van der Waals surface area contributed by atoms with Crippen molar-refractivity contribution in [2.45, 2.75) is 0 Å². The minimum absolute atomic E-state index is 0.871. The molecule has 0 unspecified atom stereocenters. The Balaban J connectivity index is 1.11. The van der Waals surface area contributed by atoms with Crippen LogP contribution in [0.15, 0.2) is 200 Å². The largest absolute Gasteiger partial charge is 0.309 e. The molecule has 0 N–H and O–H groups in total. The van der Waals surface area contributed by atoms with E-state index in [0.717, 1.165) is 45.1 Å². The quantitative estimate of drug-likeness (QED) is 0.177. The fourth-order valence-corrected chi connectivity index (χ4v) is 9.86. The van der Waals surface area contributed by atoms with E-state index in [0.29, 0.717) is 0 Å². The summed E-state index contributed by atoms with van der Waals surface area (Å²) < 4.78 is 9.56. The van der Waals surface area contributed by atoms with Gasteiger partial charge < -0.3 is 9.13 Å². The lowest BCUT2D eigenvalue weighted by Gasteiger charge is -2.12. The third-order valence-corrected chi connectivity index (χ3v) is 12.1. The van der Waals surface area contributed by atoms with Gasteiger partial charge in [-0.25, -0.2) is 4.98 Å². The van der Waals surface area contributed by atoms with Crippen LogP contribution in [-0.4, -0.2) is 23.3 Å². The molecular formula is C53H33N5. The highest BCUT2D eigenvalue weighted by molar-refractivity contribution is 6.27. The lowest BCUT2D eigenvalue weighted by atomic mass is 10.1. The Bertz CT molecular complexity index is 3540. The third kappa shape index (κ3) is 4.17. The molecule has 0 saturated heterocycles. The normalized spacial score (nSPS) is 12.1. The van der Waals surface area contributed by atoms with Crippen molar-refractivity contribution < 1.29 is 0 Å². The van der Waals surface area contributed by atoms with Gasteiger partial charge in [0.2, 0.25) is 0 Å². The third-order valence-electron chi connectivity index (χ3n) is 12.1. The Hall–Kier alpha value is -7.89.